The summed E-state index contributed by atoms with van der Waals surface area (Å²) in [4.78, 5) is 15.5. The van der Waals surface area contributed by atoms with Crippen molar-refractivity contribution in [2.24, 2.45) is 0 Å². The fourth-order valence-corrected chi connectivity index (χ4v) is 1.29. The zero-order valence-electron chi connectivity index (χ0n) is 9.97. The molecule has 1 aromatic heterocycles. The Kier molecular flexibility index (Phi) is 5.38. The summed E-state index contributed by atoms with van der Waals surface area (Å²) < 4.78 is 10.1. The number of carbonyl (C=O) groups excluding carboxylic acids is 1. The zero-order chi connectivity index (χ0) is 12.7. The minimum absolute atomic E-state index is 0.164. The molecule has 0 aliphatic carbocycles. The van der Waals surface area contributed by atoms with Crippen LogP contribution in [0.5, 0.6) is 0 Å². The van der Waals surface area contributed by atoms with Crippen LogP contribution in [0.2, 0.25) is 0 Å². The molecular formula is C11H17N3O3. The molecule has 1 heterocycles. The Morgan fingerprint density at radius 1 is 1.59 bits per heavy atom. The van der Waals surface area contributed by atoms with Gasteiger partial charge in [0.15, 0.2) is 0 Å². The summed E-state index contributed by atoms with van der Waals surface area (Å²) in [5.41, 5.74) is 5.97. The molecule has 1 atom stereocenters. The molecule has 0 aromatic carbocycles. The summed E-state index contributed by atoms with van der Waals surface area (Å²) in [5.74, 6) is 0.107. The highest BCUT2D eigenvalue weighted by Gasteiger charge is 2.10. The molecule has 6 nitrogen and oxygen atoms in total. The molecule has 1 amide bonds. The third-order valence-corrected chi connectivity index (χ3v) is 2.22. The van der Waals surface area contributed by atoms with Crippen LogP contribution in [0.1, 0.15) is 10.4 Å². The number of nitrogen functional groups attached to an aromatic ring is 1. The topological polar surface area (TPSA) is 86.5 Å². The number of hydrogen-bond acceptors (Lipinski definition) is 5. The number of nitrogens with one attached hydrogen (secondary N) is 1. The van der Waals surface area contributed by atoms with Gasteiger partial charge in [0.1, 0.15) is 5.82 Å². The number of amides is 1. The Morgan fingerprint density at radius 3 is 2.94 bits per heavy atom. The monoisotopic (exact) mass is 239 g/mol. The molecule has 0 spiro atoms. The van der Waals surface area contributed by atoms with E-state index >= 15 is 0 Å². The second kappa shape index (κ2) is 6.82. The van der Waals surface area contributed by atoms with Crippen molar-refractivity contribution in [3.05, 3.63) is 23.9 Å². The van der Waals surface area contributed by atoms with E-state index in [1.807, 2.05) is 0 Å². The minimum atomic E-state index is -0.211. The Bertz CT molecular complexity index is 371. The van der Waals surface area contributed by atoms with Gasteiger partial charge in [-0.05, 0) is 12.1 Å². The Hall–Kier alpha value is -1.66. The molecule has 0 saturated heterocycles. The summed E-state index contributed by atoms with van der Waals surface area (Å²) in [6.07, 6.45) is 1.33. The van der Waals surface area contributed by atoms with Gasteiger partial charge in [-0.3, -0.25) is 4.79 Å². The van der Waals surface area contributed by atoms with Crippen LogP contribution in [0.4, 0.5) is 5.82 Å². The van der Waals surface area contributed by atoms with Crippen LogP contribution >= 0.6 is 0 Å². The van der Waals surface area contributed by atoms with Crippen molar-refractivity contribution >= 4 is 11.7 Å². The van der Waals surface area contributed by atoms with E-state index in [-0.39, 0.29) is 12.0 Å². The van der Waals surface area contributed by atoms with Gasteiger partial charge < -0.3 is 20.5 Å². The largest absolute Gasteiger partial charge is 0.384 e. The number of rotatable bonds is 6. The quantitative estimate of drug-likeness (QED) is 0.732. The highest BCUT2D eigenvalue weighted by molar-refractivity contribution is 5.94. The second-order valence-corrected chi connectivity index (χ2v) is 3.49. The lowest BCUT2D eigenvalue weighted by molar-refractivity contribution is 0.0285. The summed E-state index contributed by atoms with van der Waals surface area (Å²) in [6.45, 7) is 0.806. The molecule has 1 rings (SSSR count). The minimum Gasteiger partial charge on any atom is -0.384 e. The molecule has 0 saturated carbocycles. The van der Waals surface area contributed by atoms with Crippen LogP contribution in [0.3, 0.4) is 0 Å². The first-order valence-corrected chi connectivity index (χ1v) is 5.18. The molecule has 17 heavy (non-hydrogen) atoms. The number of methoxy groups -OCH3 is 2. The summed E-state index contributed by atoms with van der Waals surface area (Å²) in [6, 6.07) is 3.12. The normalized spacial score (nSPS) is 12.1. The van der Waals surface area contributed by atoms with E-state index in [0.717, 1.165) is 0 Å². The third-order valence-electron chi connectivity index (χ3n) is 2.22. The molecule has 0 bridgehead atoms. The van der Waals surface area contributed by atoms with Crippen LogP contribution in [0, 0.1) is 0 Å². The number of nitrogens with two attached hydrogens (primary N) is 1. The van der Waals surface area contributed by atoms with Crippen molar-refractivity contribution in [2.75, 3.05) is 33.1 Å². The molecule has 0 radical (unpaired) electrons. The van der Waals surface area contributed by atoms with Crippen molar-refractivity contribution in [3.8, 4) is 0 Å². The van der Waals surface area contributed by atoms with E-state index < -0.39 is 0 Å². The lowest BCUT2D eigenvalue weighted by atomic mass is 10.2. The molecule has 1 unspecified atom stereocenters. The first-order valence-electron chi connectivity index (χ1n) is 5.18. The van der Waals surface area contributed by atoms with Crippen LogP contribution in [-0.4, -0.2) is 44.4 Å². The first kappa shape index (κ1) is 13.4. The van der Waals surface area contributed by atoms with Crippen molar-refractivity contribution in [3.63, 3.8) is 0 Å². The molecule has 0 aliphatic rings. The second-order valence-electron chi connectivity index (χ2n) is 3.49. The summed E-state index contributed by atoms with van der Waals surface area (Å²) in [7, 11) is 3.15. The van der Waals surface area contributed by atoms with E-state index in [4.69, 9.17) is 15.2 Å². The van der Waals surface area contributed by atoms with E-state index in [1.54, 1.807) is 20.3 Å². The maximum Gasteiger partial charge on any atom is 0.251 e. The number of anilines is 1. The van der Waals surface area contributed by atoms with Gasteiger partial charge in [0, 0.05) is 32.5 Å². The molecule has 3 N–H and O–H groups in total. The lowest BCUT2D eigenvalue weighted by Crippen LogP contribution is -2.35. The van der Waals surface area contributed by atoms with Crippen LogP contribution in [-0.2, 0) is 9.47 Å². The molecule has 0 aliphatic heterocycles. The van der Waals surface area contributed by atoms with Gasteiger partial charge in [-0.25, -0.2) is 4.98 Å². The number of hydrogen-bond donors (Lipinski definition) is 2. The van der Waals surface area contributed by atoms with Gasteiger partial charge in [-0.1, -0.05) is 0 Å². The maximum absolute atomic E-state index is 11.7. The third kappa shape index (κ3) is 4.38. The average molecular weight is 239 g/mol. The van der Waals surface area contributed by atoms with Gasteiger partial charge in [-0.15, -0.1) is 0 Å². The first-order chi connectivity index (χ1) is 8.17. The van der Waals surface area contributed by atoms with Gasteiger partial charge in [-0.2, -0.15) is 0 Å². The lowest BCUT2D eigenvalue weighted by Gasteiger charge is -2.14. The maximum atomic E-state index is 11.7. The smallest absolute Gasteiger partial charge is 0.251 e. The number of aromatic nitrogens is 1. The highest BCUT2D eigenvalue weighted by atomic mass is 16.5. The van der Waals surface area contributed by atoms with Crippen molar-refractivity contribution in [1.82, 2.24) is 10.3 Å². The zero-order valence-corrected chi connectivity index (χ0v) is 9.97. The van der Waals surface area contributed by atoms with E-state index in [0.29, 0.717) is 24.5 Å². The Labute approximate surface area is 100 Å². The predicted molar refractivity (Wildman–Crippen MR) is 63.7 cm³/mol. The summed E-state index contributed by atoms with van der Waals surface area (Å²) >= 11 is 0. The average Bonchev–Trinajstić information content (AvgIpc) is 2.34. The van der Waals surface area contributed by atoms with E-state index in [2.05, 4.69) is 10.3 Å². The molecule has 0 fully saturated rings. The Balaban J connectivity index is 2.49. The number of carbonyl (C=O) groups is 1. The van der Waals surface area contributed by atoms with Crippen LogP contribution in [0.25, 0.3) is 0 Å². The number of nitrogens with zero attached hydrogens (tertiary/aromatic N) is 1. The van der Waals surface area contributed by atoms with Crippen molar-refractivity contribution in [2.45, 2.75) is 6.10 Å². The SMILES string of the molecule is COCC(CNC(=O)c1ccnc(N)c1)OC. The van der Waals surface area contributed by atoms with Gasteiger partial charge >= 0.3 is 0 Å². The van der Waals surface area contributed by atoms with Gasteiger partial charge in [0.25, 0.3) is 5.91 Å². The molecule has 6 heteroatoms. The van der Waals surface area contributed by atoms with Crippen LogP contribution < -0.4 is 11.1 Å². The van der Waals surface area contributed by atoms with Crippen LogP contribution in [0.15, 0.2) is 18.3 Å². The van der Waals surface area contributed by atoms with Gasteiger partial charge in [0.2, 0.25) is 0 Å². The molecule has 94 valence electrons. The fourth-order valence-electron chi connectivity index (χ4n) is 1.29. The number of ether oxygens (including phenoxy) is 2. The van der Waals surface area contributed by atoms with Crippen molar-refractivity contribution in [1.29, 1.82) is 0 Å². The van der Waals surface area contributed by atoms with E-state index in [1.165, 1.54) is 12.3 Å². The standard InChI is InChI=1S/C11H17N3O3/c1-16-7-9(17-2)6-14-11(15)8-3-4-13-10(12)5-8/h3-5,9H,6-7H2,1-2H3,(H2,12,13)(H,14,15). The fraction of sp³-hybridized carbons (Fsp3) is 0.455. The highest BCUT2D eigenvalue weighted by Crippen LogP contribution is 2.02. The molecular weight excluding hydrogens is 222 g/mol. The predicted octanol–water partition coefficient (Wildman–Crippen LogP) is 0.0550. The van der Waals surface area contributed by atoms with E-state index in [9.17, 15) is 4.79 Å². The van der Waals surface area contributed by atoms with Gasteiger partial charge in [0.05, 0.1) is 12.7 Å². The molecule has 1 aromatic rings. The Morgan fingerprint density at radius 2 is 2.35 bits per heavy atom. The summed E-state index contributed by atoms with van der Waals surface area (Å²) in [5, 5.41) is 2.73. The number of pyridine rings is 1. The van der Waals surface area contributed by atoms with Crippen molar-refractivity contribution < 1.29 is 14.3 Å².